The van der Waals surface area contributed by atoms with Crippen LogP contribution in [0.15, 0.2) is 46.0 Å². The molecule has 1 heterocycles. The third-order valence-corrected chi connectivity index (χ3v) is 4.39. The summed E-state index contributed by atoms with van der Waals surface area (Å²) in [6, 6.07) is 11.1. The number of nitrogens with one attached hydrogen (secondary N) is 1. The van der Waals surface area contributed by atoms with Crippen molar-refractivity contribution in [1.29, 1.82) is 0 Å². The molecule has 0 spiro atoms. The van der Waals surface area contributed by atoms with E-state index in [1.165, 1.54) is 5.56 Å². The van der Waals surface area contributed by atoms with Crippen molar-refractivity contribution in [2.24, 2.45) is 5.10 Å². The van der Waals surface area contributed by atoms with Gasteiger partial charge in [-0.15, -0.1) is 0 Å². The highest BCUT2D eigenvalue weighted by Gasteiger charge is 2.15. The van der Waals surface area contributed by atoms with Crippen LogP contribution in [0.4, 0.5) is 0 Å². The van der Waals surface area contributed by atoms with Gasteiger partial charge in [-0.05, 0) is 51.7 Å². The van der Waals surface area contributed by atoms with Gasteiger partial charge in [0.25, 0.3) is 5.91 Å². The zero-order chi connectivity index (χ0) is 17.1. The molecule has 3 rings (SSSR count). The second-order valence-electron chi connectivity index (χ2n) is 5.70. The minimum atomic E-state index is -0.251. The molecule has 1 aliphatic rings. The van der Waals surface area contributed by atoms with E-state index in [-0.39, 0.29) is 12.7 Å². The quantitative estimate of drug-likeness (QED) is 0.634. The van der Waals surface area contributed by atoms with Crippen LogP contribution in [0.1, 0.15) is 41.3 Å². The third kappa shape index (κ3) is 3.59. The van der Waals surface area contributed by atoms with Gasteiger partial charge >= 0.3 is 0 Å². The second kappa shape index (κ2) is 7.05. The first-order chi connectivity index (χ1) is 11.5. The van der Waals surface area contributed by atoms with E-state index < -0.39 is 0 Å². The molecule has 1 amide bonds. The van der Waals surface area contributed by atoms with Crippen LogP contribution in [0, 0.1) is 0 Å². The SMILES string of the molecule is CC(C)c1ccc(C(=O)N/N=C\c2cc3c(cc2Br)OCO3)cc1. The smallest absolute Gasteiger partial charge is 0.271 e. The number of nitrogens with zero attached hydrogens (tertiary/aromatic N) is 1. The van der Waals surface area contributed by atoms with Gasteiger partial charge in [-0.25, -0.2) is 5.43 Å². The summed E-state index contributed by atoms with van der Waals surface area (Å²) in [5.41, 5.74) is 5.08. The molecule has 0 unspecified atom stereocenters. The van der Waals surface area contributed by atoms with Crippen molar-refractivity contribution in [3.63, 3.8) is 0 Å². The lowest BCUT2D eigenvalue weighted by atomic mass is 10.0. The summed E-state index contributed by atoms with van der Waals surface area (Å²) in [5, 5.41) is 4.01. The molecule has 1 N–H and O–H groups in total. The maximum atomic E-state index is 12.1. The first-order valence-corrected chi connectivity index (χ1v) is 8.36. The molecule has 6 heteroatoms. The van der Waals surface area contributed by atoms with Gasteiger partial charge in [0.15, 0.2) is 11.5 Å². The van der Waals surface area contributed by atoms with E-state index in [9.17, 15) is 4.79 Å². The Balaban J connectivity index is 1.67. The number of ether oxygens (including phenoxy) is 2. The van der Waals surface area contributed by atoms with E-state index in [0.717, 1.165) is 10.0 Å². The summed E-state index contributed by atoms with van der Waals surface area (Å²) in [6.07, 6.45) is 1.56. The Kier molecular flexibility index (Phi) is 4.85. The number of hydrazone groups is 1. The van der Waals surface area contributed by atoms with Gasteiger partial charge in [0.1, 0.15) is 0 Å². The molecule has 0 saturated heterocycles. The van der Waals surface area contributed by atoms with E-state index in [4.69, 9.17) is 9.47 Å². The highest BCUT2D eigenvalue weighted by atomic mass is 79.9. The lowest BCUT2D eigenvalue weighted by Crippen LogP contribution is -2.17. The average Bonchev–Trinajstić information content (AvgIpc) is 3.02. The molecule has 0 aliphatic carbocycles. The van der Waals surface area contributed by atoms with E-state index in [1.807, 2.05) is 18.2 Å². The topological polar surface area (TPSA) is 59.9 Å². The van der Waals surface area contributed by atoms with Gasteiger partial charge in [0.05, 0.1) is 6.21 Å². The molecule has 5 nitrogen and oxygen atoms in total. The van der Waals surface area contributed by atoms with Crippen molar-refractivity contribution in [3.8, 4) is 11.5 Å². The van der Waals surface area contributed by atoms with Crippen molar-refractivity contribution in [1.82, 2.24) is 5.43 Å². The minimum absolute atomic E-state index is 0.214. The number of carbonyl (C=O) groups excluding carboxylic acids is 1. The number of fused-ring (bicyclic) bond motifs is 1. The molecule has 0 bridgehead atoms. The molecule has 24 heavy (non-hydrogen) atoms. The minimum Gasteiger partial charge on any atom is -0.454 e. The van der Waals surface area contributed by atoms with E-state index >= 15 is 0 Å². The number of hydrogen-bond acceptors (Lipinski definition) is 4. The van der Waals surface area contributed by atoms with Crippen LogP contribution < -0.4 is 14.9 Å². The molecule has 1 aliphatic heterocycles. The number of rotatable bonds is 4. The van der Waals surface area contributed by atoms with Crippen molar-refractivity contribution in [2.45, 2.75) is 19.8 Å². The molecule has 0 aromatic heterocycles. The highest BCUT2D eigenvalue weighted by Crippen LogP contribution is 2.36. The van der Waals surface area contributed by atoms with Crippen molar-refractivity contribution < 1.29 is 14.3 Å². The number of amides is 1. The molecule has 0 saturated carbocycles. The maximum absolute atomic E-state index is 12.1. The molecule has 0 radical (unpaired) electrons. The van der Waals surface area contributed by atoms with Crippen LogP contribution in [0.3, 0.4) is 0 Å². The van der Waals surface area contributed by atoms with Crippen LogP contribution in [0.2, 0.25) is 0 Å². The Labute approximate surface area is 148 Å². The normalized spacial score (nSPS) is 12.8. The summed E-state index contributed by atoms with van der Waals surface area (Å²) in [4.78, 5) is 12.1. The van der Waals surface area contributed by atoms with E-state index in [1.54, 1.807) is 24.4 Å². The zero-order valence-electron chi connectivity index (χ0n) is 13.4. The standard InChI is InChI=1S/C18H17BrN2O3/c1-11(2)12-3-5-13(6-4-12)18(22)21-20-9-14-7-16-17(8-15(14)19)24-10-23-16/h3-9,11H,10H2,1-2H3,(H,21,22)/b20-9-. The second-order valence-corrected chi connectivity index (χ2v) is 6.56. The van der Waals surface area contributed by atoms with Crippen LogP contribution >= 0.6 is 15.9 Å². The first-order valence-electron chi connectivity index (χ1n) is 7.57. The molecule has 2 aromatic rings. The average molecular weight is 389 g/mol. The molecule has 0 fully saturated rings. The van der Waals surface area contributed by atoms with Gasteiger partial charge in [0, 0.05) is 15.6 Å². The number of carbonyl (C=O) groups is 1. The monoisotopic (exact) mass is 388 g/mol. The molecule has 0 atom stereocenters. The summed E-state index contributed by atoms with van der Waals surface area (Å²) >= 11 is 3.44. The summed E-state index contributed by atoms with van der Waals surface area (Å²) in [5.74, 6) is 1.53. The van der Waals surface area contributed by atoms with Crippen LogP contribution in [-0.2, 0) is 0 Å². The maximum Gasteiger partial charge on any atom is 0.271 e. The Morgan fingerprint density at radius 1 is 1.21 bits per heavy atom. The summed E-state index contributed by atoms with van der Waals surface area (Å²) < 4.78 is 11.4. The zero-order valence-corrected chi connectivity index (χ0v) is 15.0. The van der Waals surface area contributed by atoms with Gasteiger partial charge in [-0.1, -0.05) is 26.0 Å². The molecular formula is C18H17BrN2O3. The summed E-state index contributed by atoms with van der Waals surface area (Å²) in [7, 11) is 0. The fourth-order valence-corrected chi connectivity index (χ4v) is 2.70. The van der Waals surface area contributed by atoms with Gasteiger partial charge in [-0.2, -0.15) is 5.10 Å². The number of halogens is 1. The molecule has 124 valence electrons. The van der Waals surface area contributed by atoms with E-state index in [0.29, 0.717) is 23.0 Å². The Morgan fingerprint density at radius 3 is 2.54 bits per heavy atom. The lowest BCUT2D eigenvalue weighted by molar-refractivity contribution is 0.0955. The molecule has 2 aromatic carbocycles. The first kappa shape index (κ1) is 16.5. The Hall–Kier alpha value is -2.34. The lowest BCUT2D eigenvalue weighted by Gasteiger charge is -2.06. The van der Waals surface area contributed by atoms with Gasteiger partial charge in [-0.3, -0.25) is 4.79 Å². The predicted octanol–water partition coefficient (Wildman–Crippen LogP) is 4.07. The van der Waals surface area contributed by atoms with Crippen LogP contribution in [-0.4, -0.2) is 18.9 Å². The Morgan fingerprint density at radius 2 is 1.88 bits per heavy atom. The summed E-state index contributed by atoms with van der Waals surface area (Å²) in [6.45, 7) is 4.44. The Bertz CT molecular complexity index is 786. The van der Waals surface area contributed by atoms with E-state index in [2.05, 4.69) is 40.3 Å². The number of hydrogen-bond donors (Lipinski definition) is 1. The van der Waals surface area contributed by atoms with Crippen molar-refractivity contribution in [3.05, 3.63) is 57.6 Å². The van der Waals surface area contributed by atoms with Crippen LogP contribution in [0.25, 0.3) is 0 Å². The highest BCUT2D eigenvalue weighted by molar-refractivity contribution is 9.10. The van der Waals surface area contributed by atoms with Crippen LogP contribution in [0.5, 0.6) is 11.5 Å². The predicted molar refractivity (Wildman–Crippen MR) is 95.9 cm³/mol. The van der Waals surface area contributed by atoms with Crippen molar-refractivity contribution >= 4 is 28.1 Å². The fourth-order valence-electron chi connectivity index (χ4n) is 2.28. The third-order valence-electron chi connectivity index (χ3n) is 3.70. The van der Waals surface area contributed by atoms with Gasteiger partial charge in [0.2, 0.25) is 6.79 Å². The largest absolute Gasteiger partial charge is 0.454 e. The van der Waals surface area contributed by atoms with Crippen molar-refractivity contribution in [2.75, 3.05) is 6.79 Å². The number of benzene rings is 2. The molecular weight excluding hydrogens is 372 g/mol. The fraction of sp³-hybridized carbons (Fsp3) is 0.222. The van der Waals surface area contributed by atoms with Gasteiger partial charge < -0.3 is 9.47 Å².